The Morgan fingerprint density at radius 1 is 1.00 bits per heavy atom. The van der Waals surface area contributed by atoms with Crippen LogP contribution in [0.3, 0.4) is 0 Å². The van der Waals surface area contributed by atoms with Gasteiger partial charge in [0, 0.05) is 18.7 Å². The summed E-state index contributed by atoms with van der Waals surface area (Å²) in [4.78, 5) is 26.0. The zero-order valence-electron chi connectivity index (χ0n) is 15.6. The van der Waals surface area contributed by atoms with Crippen molar-refractivity contribution in [1.82, 2.24) is 4.90 Å². The summed E-state index contributed by atoms with van der Waals surface area (Å²) in [6.45, 7) is 1.43. The highest BCUT2D eigenvalue weighted by molar-refractivity contribution is 6.06. The molecule has 1 saturated heterocycles. The number of ketones is 1. The third kappa shape index (κ3) is 5.47. The molecule has 2 aromatic carbocycles. The van der Waals surface area contributed by atoms with Crippen LogP contribution in [0.2, 0.25) is 0 Å². The van der Waals surface area contributed by atoms with Crippen molar-refractivity contribution in [1.29, 1.82) is 0 Å². The molecule has 0 unspecified atom stereocenters. The van der Waals surface area contributed by atoms with Crippen molar-refractivity contribution in [2.75, 3.05) is 19.7 Å². The lowest BCUT2D eigenvalue weighted by molar-refractivity contribution is -0.137. The second-order valence-corrected chi connectivity index (χ2v) is 6.68. The molecule has 3 rings (SSSR count). The van der Waals surface area contributed by atoms with Crippen LogP contribution in [-0.2, 0) is 11.0 Å². The van der Waals surface area contributed by atoms with E-state index in [4.69, 9.17) is 4.74 Å². The number of carbonyl (C=O) groups is 2. The Labute approximate surface area is 166 Å². The minimum Gasteiger partial charge on any atom is -0.484 e. The first-order valence-electron chi connectivity index (χ1n) is 9.24. The maximum atomic E-state index is 13.0. The van der Waals surface area contributed by atoms with E-state index >= 15 is 0 Å². The Morgan fingerprint density at radius 2 is 1.66 bits per heavy atom. The molecule has 0 aromatic heterocycles. The maximum Gasteiger partial charge on any atom is 0.416 e. The van der Waals surface area contributed by atoms with Gasteiger partial charge >= 0.3 is 6.18 Å². The molecule has 0 spiro atoms. The third-order valence-electron chi connectivity index (χ3n) is 4.64. The van der Waals surface area contributed by atoms with Gasteiger partial charge in [-0.25, -0.2) is 0 Å². The van der Waals surface area contributed by atoms with Gasteiger partial charge in [-0.1, -0.05) is 24.3 Å². The fourth-order valence-electron chi connectivity index (χ4n) is 3.08. The monoisotopic (exact) mass is 403 g/mol. The van der Waals surface area contributed by atoms with Crippen molar-refractivity contribution >= 4 is 17.8 Å². The second kappa shape index (κ2) is 8.94. The van der Waals surface area contributed by atoms with E-state index in [2.05, 4.69) is 0 Å². The fraction of sp³-hybridized carbons (Fsp3) is 0.273. The molecule has 1 aliphatic heterocycles. The molecule has 1 amide bonds. The summed E-state index contributed by atoms with van der Waals surface area (Å²) < 4.78 is 44.5. The summed E-state index contributed by atoms with van der Waals surface area (Å²) in [7, 11) is 0. The van der Waals surface area contributed by atoms with Crippen molar-refractivity contribution in [3.05, 3.63) is 71.3 Å². The molecule has 0 radical (unpaired) electrons. The molecule has 7 heteroatoms. The van der Waals surface area contributed by atoms with Crippen LogP contribution in [0.15, 0.2) is 54.6 Å². The van der Waals surface area contributed by atoms with E-state index in [1.165, 1.54) is 30.3 Å². The topological polar surface area (TPSA) is 46.6 Å². The molecule has 0 N–H and O–H groups in total. The van der Waals surface area contributed by atoms with Crippen LogP contribution in [0.5, 0.6) is 5.75 Å². The molecule has 29 heavy (non-hydrogen) atoms. The molecule has 4 nitrogen and oxygen atoms in total. The molecular formula is C22H20F3NO3. The average Bonchev–Trinajstić information content (AvgIpc) is 3.25. The molecule has 152 valence electrons. The lowest BCUT2D eigenvalue weighted by Crippen LogP contribution is -2.32. The number of halogens is 3. The van der Waals surface area contributed by atoms with Crippen LogP contribution in [0.4, 0.5) is 13.2 Å². The third-order valence-corrected chi connectivity index (χ3v) is 4.64. The first-order chi connectivity index (χ1) is 13.8. The average molecular weight is 403 g/mol. The number of rotatable bonds is 6. The number of allylic oxidation sites excluding steroid dienone is 1. The predicted molar refractivity (Wildman–Crippen MR) is 103 cm³/mol. The van der Waals surface area contributed by atoms with Gasteiger partial charge < -0.3 is 9.64 Å². The van der Waals surface area contributed by atoms with Crippen LogP contribution in [0.1, 0.15) is 34.3 Å². The van der Waals surface area contributed by atoms with Gasteiger partial charge in [0.25, 0.3) is 5.91 Å². The number of carbonyl (C=O) groups excluding carboxylic acids is 2. The molecule has 0 atom stereocenters. The molecule has 1 aliphatic rings. The van der Waals surface area contributed by atoms with Crippen molar-refractivity contribution < 1.29 is 27.5 Å². The van der Waals surface area contributed by atoms with Crippen LogP contribution < -0.4 is 4.74 Å². The number of alkyl halides is 3. The molecule has 0 saturated carbocycles. The largest absolute Gasteiger partial charge is 0.484 e. The van der Waals surface area contributed by atoms with Gasteiger partial charge in [-0.15, -0.1) is 0 Å². The van der Waals surface area contributed by atoms with Gasteiger partial charge in [0.1, 0.15) is 5.75 Å². The van der Waals surface area contributed by atoms with Gasteiger partial charge in [-0.05, 0) is 54.8 Å². The van der Waals surface area contributed by atoms with E-state index in [1.54, 1.807) is 17.0 Å². The number of likely N-dealkylation sites (tertiary alicyclic amines) is 1. The van der Waals surface area contributed by atoms with Gasteiger partial charge in [-0.3, -0.25) is 9.59 Å². The van der Waals surface area contributed by atoms with E-state index in [0.29, 0.717) is 11.3 Å². The van der Waals surface area contributed by atoms with E-state index in [1.807, 2.05) is 0 Å². The molecular weight excluding hydrogens is 383 g/mol. The SMILES string of the molecule is O=C(/C=C/c1ccccc1C(F)(F)F)c1ccc(OCC(=O)N2CCCC2)cc1. The minimum absolute atomic E-state index is 0.0680. The van der Waals surface area contributed by atoms with Crippen LogP contribution in [-0.4, -0.2) is 36.3 Å². The number of hydrogen-bond donors (Lipinski definition) is 0. The molecule has 1 heterocycles. The normalized spacial score (nSPS) is 14.4. The molecule has 0 bridgehead atoms. The Kier molecular flexibility index (Phi) is 6.36. The standard InChI is InChI=1S/C22H20F3NO3/c23-22(24,25)19-6-2-1-5-16(19)9-12-20(27)17-7-10-18(11-8-17)29-15-21(28)26-13-3-4-14-26/h1-2,5-12H,3-4,13-15H2/b12-9+. The Balaban J connectivity index is 1.61. The van der Waals surface area contributed by atoms with Gasteiger partial charge in [-0.2, -0.15) is 13.2 Å². The Morgan fingerprint density at radius 3 is 2.31 bits per heavy atom. The number of hydrogen-bond acceptors (Lipinski definition) is 3. The van der Waals surface area contributed by atoms with Crippen molar-refractivity contribution in [3.8, 4) is 5.75 Å². The Hall–Kier alpha value is -3.09. The number of amides is 1. The second-order valence-electron chi connectivity index (χ2n) is 6.68. The first kappa shape index (κ1) is 20.6. The predicted octanol–water partition coefficient (Wildman–Crippen LogP) is 4.60. The van der Waals surface area contributed by atoms with E-state index in [-0.39, 0.29) is 18.1 Å². The highest BCUT2D eigenvalue weighted by Crippen LogP contribution is 2.32. The fourth-order valence-corrected chi connectivity index (χ4v) is 3.08. The summed E-state index contributed by atoms with van der Waals surface area (Å²) in [5, 5.41) is 0. The van der Waals surface area contributed by atoms with Gasteiger partial charge in [0.05, 0.1) is 5.56 Å². The summed E-state index contributed by atoms with van der Waals surface area (Å²) in [6.07, 6.45) is -0.218. The number of ether oxygens (including phenoxy) is 1. The summed E-state index contributed by atoms with van der Waals surface area (Å²) in [5.41, 5.74) is -0.562. The van der Waals surface area contributed by atoms with Gasteiger partial charge in [0.2, 0.25) is 0 Å². The van der Waals surface area contributed by atoms with E-state index in [0.717, 1.165) is 44.1 Å². The van der Waals surface area contributed by atoms with Crippen molar-refractivity contribution in [3.63, 3.8) is 0 Å². The lowest BCUT2D eigenvalue weighted by atomic mass is 10.0. The van der Waals surface area contributed by atoms with E-state index in [9.17, 15) is 22.8 Å². The summed E-state index contributed by atoms with van der Waals surface area (Å²) in [6, 6.07) is 11.2. The lowest BCUT2D eigenvalue weighted by Gasteiger charge is -2.15. The Bertz CT molecular complexity index is 898. The summed E-state index contributed by atoms with van der Waals surface area (Å²) >= 11 is 0. The van der Waals surface area contributed by atoms with Crippen LogP contribution in [0, 0.1) is 0 Å². The highest BCUT2D eigenvalue weighted by atomic mass is 19.4. The number of benzene rings is 2. The zero-order chi connectivity index (χ0) is 20.9. The number of nitrogens with zero attached hydrogens (tertiary/aromatic N) is 1. The van der Waals surface area contributed by atoms with Crippen LogP contribution >= 0.6 is 0 Å². The zero-order valence-corrected chi connectivity index (χ0v) is 15.6. The highest BCUT2D eigenvalue weighted by Gasteiger charge is 2.32. The minimum atomic E-state index is -4.49. The smallest absolute Gasteiger partial charge is 0.416 e. The maximum absolute atomic E-state index is 13.0. The van der Waals surface area contributed by atoms with E-state index < -0.39 is 17.5 Å². The van der Waals surface area contributed by atoms with Crippen molar-refractivity contribution in [2.45, 2.75) is 19.0 Å². The molecule has 0 aliphatic carbocycles. The molecule has 1 fully saturated rings. The van der Waals surface area contributed by atoms with Gasteiger partial charge in [0.15, 0.2) is 12.4 Å². The molecule has 2 aromatic rings. The van der Waals surface area contributed by atoms with Crippen molar-refractivity contribution in [2.24, 2.45) is 0 Å². The first-order valence-corrected chi connectivity index (χ1v) is 9.24. The van der Waals surface area contributed by atoms with Crippen LogP contribution in [0.25, 0.3) is 6.08 Å². The quantitative estimate of drug-likeness (QED) is 0.523. The summed E-state index contributed by atoms with van der Waals surface area (Å²) in [5.74, 6) is -0.0592.